The highest BCUT2D eigenvalue weighted by Crippen LogP contribution is 2.27. The number of rotatable bonds is 5. The Morgan fingerprint density at radius 1 is 1.29 bits per heavy atom. The Labute approximate surface area is 159 Å². The molecule has 2 atom stereocenters. The molecule has 12 heteroatoms. The Morgan fingerprint density at radius 2 is 1.96 bits per heavy atom. The number of nitrogens with two attached hydrogens (primary N) is 1. The quantitative estimate of drug-likeness (QED) is 0.681. The SMILES string of the molecule is CNS(=O)(=O)c1ccc(Nc2nc(N)n(C(=O)C3C(F)=CC=CC3F)n2)cc1. The van der Waals surface area contributed by atoms with E-state index >= 15 is 0 Å². The minimum Gasteiger partial charge on any atom is -0.368 e. The minimum absolute atomic E-state index is 0.0512. The van der Waals surface area contributed by atoms with Gasteiger partial charge in [-0.15, -0.1) is 5.10 Å². The average molecular weight is 410 g/mol. The van der Waals surface area contributed by atoms with Crippen LogP contribution in [0.1, 0.15) is 4.79 Å². The highest BCUT2D eigenvalue weighted by Gasteiger charge is 2.35. The number of nitrogen functional groups attached to an aromatic ring is 1. The molecule has 1 aliphatic rings. The number of carbonyl (C=O) groups excluding carboxylic acids is 1. The zero-order chi connectivity index (χ0) is 20.5. The van der Waals surface area contributed by atoms with Crippen molar-refractivity contribution in [3.05, 3.63) is 48.3 Å². The molecule has 0 radical (unpaired) electrons. The first-order chi connectivity index (χ1) is 13.2. The molecule has 148 valence electrons. The zero-order valence-electron chi connectivity index (χ0n) is 14.5. The Balaban J connectivity index is 1.80. The third-order valence-corrected chi connectivity index (χ3v) is 5.39. The molecule has 1 aromatic heterocycles. The molecule has 1 aromatic carbocycles. The van der Waals surface area contributed by atoms with Crippen LogP contribution in [0.4, 0.5) is 26.4 Å². The van der Waals surface area contributed by atoms with Gasteiger partial charge in [-0.3, -0.25) is 4.79 Å². The molecular weight excluding hydrogens is 394 g/mol. The van der Waals surface area contributed by atoms with E-state index in [1.165, 1.54) is 37.4 Å². The topological polar surface area (TPSA) is 132 Å². The maximum atomic E-state index is 13.9. The van der Waals surface area contributed by atoms with Crippen molar-refractivity contribution < 1.29 is 22.0 Å². The van der Waals surface area contributed by atoms with E-state index < -0.39 is 33.8 Å². The molecule has 0 saturated heterocycles. The van der Waals surface area contributed by atoms with E-state index in [0.717, 1.165) is 12.2 Å². The van der Waals surface area contributed by atoms with Crippen LogP contribution in [0.15, 0.2) is 53.2 Å². The maximum Gasteiger partial charge on any atom is 0.263 e. The largest absolute Gasteiger partial charge is 0.368 e. The minimum atomic E-state index is -3.58. The molecule has 28 heavy (non-hydrogen) atoms. The number of hydrogen-bond acceptors (Lipinski definition) is 7. The molecule has 0 amide bonds. The number of alkyl halides is 1. The Bertz CT molecular complexity index is 1060. The van der Waals surface area contributed by atoms with E-state index in [-0.39, 0.29) is 16.8 Å². The van der Waals surface area contributed by atoms with E-state index in [2.05, 4.69) is 20.1 Å². The Hall–Kier alpha value is -3.12. The van der Waals surface area contributed by atoms with Crippen LogP contribution in [0.25, 0.3) is 0 Å². The summed E-state index contributed by atoms with van der Waals surface area (Å²) in [6.45, 7) is 0. The maximum absolute atomic E-state index is 13.9. The summed E-state index contributed by atoms with van der Waals surface area (Å²) in [7, 11) is -2.29. The second-order valence-electron chi connectivity index (χ2n) is 5.76. The summed E-state index contributed by atoms with van der Waals surface area (Å²) in [6.07, 6.45) is 1.38. The number of halogens is 2. The number of benzene rings is 1. The molecule has 0 aliphatic heterocycles. The van der Waals surface area contributed by atoms with Gasteiger partial charge in [0.15, 0.2) is 0 Å². The first kappa shape index (κ1) is 19.6. The van der Waals surface area contributed by atoms with Gasteiger partial charge in [-0.05, 0) is 43.5 Å². The molecule has 2 unspecified atom stereocenters. The van der Waals surface area contributed by atoms with Gasteiger partial charge in [-0.2, -0.15) is 9.67 Å². The molecule has 2 aromatic rings. The highest BCUT2D eigenvalue weighted by atomic mass is 32.2. The summed E-state index contributed by atoms with van der Waals surface area (Å²) in [5.74, 6) is -4.07. The lowest BCUT2D eigenvalue weighted by molar-refractivity contribution is 0.0776. The molecule has 1 aliphatic carbocycles. The van der Waals surface area contributed by atoms with E-state index in [1.54, 1.807) is 0 Å². The van der Waals surface area contributed by atoms with Crippen molar-refractivity contribution in [2.24, 2.45) is 5.92 Å². The van der Waals surface area contributed by atoms with Crippen molar-refractivity contribution in [1.29, 1.82) is 0 Å². The molecule has 4 N–H and O–H groups in total. The van der Waals surface area contributed by atoms with Gasteiger partial charge < -0.3 is 11.1 Å². The number of nitrogens with zero attached hydrogens (tertiary/aromatic N) is 3. The molecule has 0 bridgehead atoms. The normalized spacial score (nSPS) is 19.3. The molecule has 0 saturated carbocycles. The van der Waals surface area contributed by atoms with Gasteiger partial charge in [0.25, 0.3) is 5.91 Å². The predicted molar refractivity (Wildman–Crippen MR) is 97.7 cm³/mol. The second-order valence-corrected chi connectivity index (χ2v) is 7.65. The summed E-state index contributed by atoms with van der Waals surface area (Å²) in [6, 6.07) is 5.60. The predicted octanol–water partition coefficient (Wildman–Crippen LogP) is 1.53. The third kappa shape index (κ3) is 3.77. The molecule has 0 spiro atoms. The van der Waals surface area contributed by atoms with Crippen molar-refractivity contribution in [3.63, 3.8) is 0 Å². The van der Waals surface area contributed by atoms with Crippen molar-refractivity contribution >= 4 is 33.5 Å². The van der Waals surface area contributed by atoms with Crippen molar-refractivity contribution in [2.45, 2.75) is 11.1 Å². The van der Waals surface area contributed by atoms with Gasteiger partial charge in [0.05, 0.1) is 4.90 Å². The highest BCUT2D eigenvalue weighted by molar-refractivity contribution is 7.89. The van der Waals surface area contributed by atoms with Gasteiger partial charge in [-0.25, -0.2) is 21.9 Å². The van der Waals surface area contributed by atoms with Crippen LogP contribution >= 0.6 is 0 Å². The number of hydrogen-bond donors (Lipinski definition) is 3. The number of nitrogens with one attached hydrogen (secondary N) is 2. The van der Waals surface area contributed by atoms with Crippen LogP contribution in [-0.2, 0) is 10.0 Å². The number of sulfonamides is 1. The lowest BCUT2D eigenvalue weighted by atomic mass is 9.97. The van der Waals surface area contributed by atoms with Crippen LogP contribution in [0.5, 0.6) is 0 Å². The lowest BCUT2D eigenvalue weighted by Crippen LogP contribution is -2.32. The van der Waals surface area contributed by atoms with Gasteiger partial charge >= 0.3 is 0 Å². The first-order valence-corrected chi connectivity index (χ1v) is 9.46. The van der Waals surface area contributed by atoms with Gasteiger partial charge in [-0.1, -0.05) is 6.08 Å². The number of allylic oxidation sites excluding steroid dienone is 4. The summed E-state index contributed by atoms with van der Waals surface area (Å²) in [5, 5.41) is 6.58. The number of carbonyl (C=O) groups is 1. The summed E-state index contributed by atoms with van der Waals surface area (Å²) in [4.78, 5) is 16.3. The van der Waals surface area contributed by atoms with Crippen LogP contribution < -0.4 is 15.8 Å². The van der Waals surface area contributed by atoms with E-state index in [0.29, 0.717) is 10.4 Å². The summed E-state index contributed by atoms with van der Waals surface area (Å²) >= 11 is 0. The van der Waals surface area contributed by atoms with Crippen LogP contribution in [0.3, 0.4) is 0 Å². The van der Waals surface area contributed by atoms with Crippen molar-refractivity contribution in [3.8, 4) is 0 Å². The smallest absolute Gasteiger partial charge is 0.263 e. The van der Waals surface area contributed by atoms with E-state index in [1.807, 2.05) is 0 Å². The fourth-order valence-electron chi connectivity index (χ4n) is 2.51. The third-order valence-electron chi connectivity index (χ3n) is 3.96. The molecule has 3 rings (SSSR count). The van der Waals surface area contributed by atoms with Crippen molar-refractivity contribution in [1.82, 2.24) is 19.5 Å². The van der Waals surface area contributed by atoms with Gasteiger partial charge in [0.1, 0.15) is 17.9 Å². The Morgan fingerprint density at radius 3 is 2.57 bits per heavy atom. The molecule has 0 fully saturated rings. The molecule has 1 heterocycles. The molecule has 9 nitrogen and oxygen atoms in total. The number of anilines is 3. The van der Waals surface area contributed by atoms with Crippen LogP contribution in [-0.4, -0.2) is 42.3 Å². The Kier molecular flexibility index (Phi) is 5.25. The summed E-state index contributed by atoms with van der Waals surface area (Å²) in [5.41, 5.74) is 6.06. The fraction of sp³-hybridized carbons (Fsp3) is 0.188. The fourth-order valence-corrected chi connectivity index (χ4v) is 3.24. The first-order valence-electron chi connectivity index (χ1n) is 7.98. The average Bonchev–Trinajstić information content (AvgIpc) is 3.02. The van der Waals surface area contributed by atoms with Gasteiger partial charge in [0, 0.05) is 5.69 Å². The van der Waals surface area contributed by atoms with Crippen molar-refractivity contribution in [2.75, 3.05) is 18.1 Å². The standard InChI is InChI=1S/C16H16F2N6O3S/c1-20-28(26,27)10-7-5-9(6-8-10)21-16-22-15(19)24(23-16)14(25)13-11(17)3-2-4-12(13)18/h2-8,11,13,20H,1H3,(H3,19,21,22,23). The molecular formula is C16H16F2N6O3S. The lowest BCUT2D eigenvalue weighted by Gasteiger charge is -2.18. The van der Waals surface area contributed by atoms with E-state index in [4.69, 9.17) is 5.73 Å². The summed E-state index contributed by atoms with van der Waals surface area (Å²) < 4.78 is 54.0. The van der Waals surface area contributed by atoms with Crippen LogP contribution in [0, 0.1) is 5.92 Å². The zero-order valence-corrected chi connectivity index (χ0v) is 15.3. The van der Waals surface area contributed by atoms with Crippen LogP contribution in [0.2, 0.25) is 0 Å². The van der Waals surface area contributed by atoms with E-state index in [9.17, 15) is 22.0 Å². The number of aromatic nitrogens is 3. The second kappa shape index (κ2) is 7.48. The van der Waals surface area contributed by atoms with Gasteiger partial charge in [0.2, 0.25) is 21.9 Å². The monoisotopic (exact) mass is 410 g/mol.